The summed E-state index contributed by atoms with van der Waals surface area (Å²) < 4.78 is 25.9. The summed E-state index contributed by atoms with van der Waals surface area (Å²) in [4.78, 5) is 13.8. The Balaban J connectivity index is 0.00000432. The molecule has 35 heavy (non-hydrogen) atoms. The van der Waals surface area contributed by atoms with Crippen LogP contribution in [0.3, 0.4) is 0 Å². The Morgan fingerprint density at radius 2 is 1.57 bits per heavy atom. The van der Waals surface area contributed by atoms with Gasteiger partial charge in [0.1, 0.15) is 0 Å². The van der Waals surface area contributed by atoms with Crippen LogP contribution in [0.5, 0.6) is 0 Å². The third-order valence-corrected chi connectivity index (χ3v) is 7.51. The van der Waals surface area contributed by atoms with Crippen molar-refractivity contribution in [1.82, 2.24) is 10.2 Å². The van der Waals surface area contributed by atoms with Gasteiger partial charge >= 0.3 is 0 Å². The van der Waals surface area contributed by atoms with Gasteiger partial charge in [0.05, 0.1) is 15.9 Å². The first-order valence-electron chi connectivity index (χ1n) is 10.9. The molecule has 0 aliphatic rings. The van der Waals surface area contributed by atoms with E-state index in [4.69, 9.17) is 11.6 Å². The van der Waals surface area contributed by atoms with E-state index in [-0.39, 0.29) is 34.1 Å². The molecule has 0 aliphatic heterocycles. The van der Waals surface area contributed by atoms with E-state index in [1.54, 1.807) is 56.6 Å². The summed E-state index contributed by atoms with van der Waals surface area (Å²) in [7, 11) is -0.397. The topological polar surface area (TPSA) is 86.7 Å². The number of carbonyl (C=O) groups excluding carboxylic acids is 1. The molecule has 0 aromatic heterocycles. The molecule has 0 radical (unpaired) electrons. The molecular weight excluding hydrogens is 507 g/mol. The molecular formula is C26H30Cl2N2O4S. The van der Waals surface area contributed by atoms with Crippen LogP contribution in [-0.2, 0) is 16.3 Å². The van der Waals surface area contributed by atoms with Crippen molar-refractivity contribution in [3.05, 3.63) is 94.5 Å². The molecule has 188 valence electrons. The second-order valence-electron chi connectivity index (χ2n) is 8.46. The van der Waals surface area contributed by atoms with E-state index in [1.807, 2.05) is 13.0 Å². The smallest absolute Gasteiger partial charge is 0.253 e. The molecule has 0 saturated heterocycles. The Morgan fingerprint density at radius 1 is 1.00 bits per heavy atom. The number of sulfone groups is 1. The highest BCUT2D eigenvalue weighted by molar-refractivity contribution is 7.91. The van der Waals surface area contributed by atoms with Crippen LogP contribution < -0.4 is 5.32 Å². The van der Waals surface area contributed by atoms with Crippen LogP contribution in [-0.4, -0.2) is 51.0 Å². The fourth-order valence-corrected chi connectivity index (χ4v) is 5.01. The fraction of sp³-hybridized carbons (Fsp3) is 0.269. The van der Waals surface area contributed by atoms with Gasteiger partial charge in [-0.2, -0.15) is 0 Å². The average molecular weight is 538 g/mol. The predicted octanol–water partition coefficient (Wildman–Crippen LogP) is 4.55. The second-order valence-corrected chi connectivity index (χ2v) is 10.8. The van der Waals surface area contributed by atoms with Crippen LogP contribution in [0.1, 0.15) is 34.5 Å². The molecule has 0 spiro atoms. The van der Waals surface area contributed by atoms with Crippen LogP contribution in [0.4, 0.5) is 0 Å². The minimum atomic E-state index is -3.69. The van der Waals surface area contributed by atoms with Gasteiger partial charge in [0.15, 0.2) is 0 Å². The van der Waals surface area contributed by atoms with Crippen LogP contribution in [0.15, 0.2) is 82.6 Å². The van der Waals surface area contributed by atoms with E-state index in [9.17, 15) is 18.3 Å². The zero-order chi connectivity index (χ0) is 24.9. The van der Waals surface area contributed by atoms with Crippen molar-refractivity contribution in [2.24, 2.45) is 0 Å². The molecule has 0 saturated carbocycles. The van der Waals surface area contributed by atoms with Gasteiger partial charge < -0.3 is 15.3 Å². The number of carbonyl (C=O) groups is 1. The lowest BCUT2D eigenvalue weighted by Gasteiger charge is -2.18. The SMILES string of the molecule is C[C@H](Cc1ccc(S(=O)(=O)c2ccc(C(=O)N(C)C)cc2)cc1)NC[C@H](O)c1cccc(Cl)c1.Cl. The molecule has 0 bridgehead atoms. The quantitative estimate of drug-likeness (QED) is 0.418. The molecule has 0 unspecified atom stereocenters. The molecule has 3 aromatic carbocycles. The minimum absolute atomic E-state index is 0. The maximum absolute atomic E-state index is 13.0. The van der Waals surface area contributed by atoms with Gasteiger partial charge in [-0.1, -0.05) is 35.9 Å². The number of nitrogens with one attached hydrogen (secondary N) is 1. The zero-order valence-electron chi connectivity index (χ0n) is 19.8. The van der Waals surface area contributed by atoms with Gasteiger partial charge in [-0.3, -0.25) is 4.79 Å². The lowest BCUT2D eigenvalue weighted by Crippen LogP contribution is -2.32. The average Bonchev–Trinajstić information content (AvgIpc) is 2.82. The number of rotatable bonds is 9. The van der Waals surface area contributed by atoms with Gasteiger partial charge in [-0.15, -0.1) is 12.4 Å². The van der Waals surface area contributed by atoms with E-state index < -0.39 is 15.9 Å². The van der Waals surface area contributed by atoms with Crippen LogP contribution in [0.2, 0.25) is 5.02 Å². The summed E-state index contributed by atoms with van der Waals surface area (Å²) in [5.41, 5.74) is 2.16. The molecule has 3 rings (SSSR count). The Hall–Kier alpha value is -2.42. The number of aliphatic hydroxyl groups excluding tert-OH is 1. The first-order valence-corrected chi connectivity index (χ1v) is 12.8. The van der Waals surface area contributed by atoms with Gasteiger partial charge in [-0.05, 0) is 73.0 Å². The standard InChI is InChI=1S/C26H29ClN2O4S.ClH/c1-18(28-17-25(30)21-5-4-6-22(27)16-21)15-19-7-11-23(12-8-19)34(32,33)24-13-9-20(10-14-24)26(31)29(2)3;/h4-14,16,18,25,28,30H,15,17H2,1-3H3;1H/t18-,25+;/m1./s1. The molecule has 3 aromatic rings. The molecule has 0 heterocycles. The van der Waals surface area contributed by atoms with Crippen molar-refractivity contribution in [3.63, 3.8) is 0 Å². The van der Waals surface area contributed by atoms with E-state index in [0.717, 1.165) is 11.1 Å². The maximum Gasteiger partial charge on any atom is 0.253 e. The summed E-state index contributed by atoms with van der Waals surface area (Å²) in [6, 6.07) is 19.9. The maximum atomic E-state index is 13.0. The largest absolute Gasteiger partial charge is 0.387 e. The number of hydrogen-bond donors (Lipinski definition) is 2. The number of benzene rings is 3. The van der Waals surface area contributed by atoms with Crippen molar-refractivity contribution >= 4 is 39.8 Å². The number of hydrogen-bond acceptors (Lipinski definition) is 5. The number of nitrogens with zero attached hydrogens (tertiary/aromatic N) is 1. The van der Waals surface area contributed by atoms with E-state index in [2.05, 4.69) is 5.32 Å². The number of halogens is 2. The number of amides is 1. The Morgan fingerprint density at radius 3 is 2.11 bits per heavy atom. The molecule has 0 aliphatic carbocycles. The lowest BCUT2D eigenvalue weighted by atomic mass is 10.1. The zero-order valence-corrected chi connectivity index (χ0v) is 22.2. The molecule has 0 fully saturated rings. The monoisotopic (exact) mass is 536 g/mol. The summed E-state index contributed by atoms with van der Waals surface area (Å²) in [5.74, 6) is -0.184. The Bertz CT molecular complexity index is 1230. The third-order valence-electron chi connectivity index (χ3n) is 5.49. The molecule has 1 amide bonds. The molecule has 9 heteroatoms. The van der Waals surface area contributed by atoms with Gasteiger partial charge in [0.2, 0.25) is 9.84 Å². The second kappa shape index (κ2) is 12.5. The fourth-order valence-electron chi connectivity index (χ4n) is 3.55. The summed E-state index contributed by atoms with van der Waals surface area (Å²) >= 11 is 5.98. The van der Waals surface area contributed by atoms with E-state index in [1.165, 1.54) is 29.2 Å². The van der Waals surface area contributed by atoms with Crippen molar-refractivity contribution in [2.75, 3.05) is 20.6 Å². The van der Waals surface area contributed by atoms with E-state index in [0.29, 0.717) is 23.6 Å². The van der Waals surface area contributed by atoms with Crippen LogP contribution >= 0.6 is 24.0 Å². The minimum Gasteiger partial charge on any atom is -0.387 e. The van der Waals surface area contributed by atoms with Crippen molar-refractivity contribution < 1.29 is 18.3 Å². The Labute approximate surface area is 218 Å². The van der Waals surface area contributed by atoms with Crippen molar-refractivity contribution in [3.8, 4) is 0 Å². The van der Waals surface area contributed by atoms with Crippen molar-refractivity contribution in [2.45, 2.75) is 35.3 Å². The molecule has 6 nitrogen and oxygen atoms in total. The highest BCUT2D eigenvalue weighted by Crippen LogP contribution is 2.22. The molecule has 2 N–H and O–H groups in total. The molecule has 2 atom stereocenters. The van der Waals surface area contributed by atoms with Gasteiger partial charge in [0, 0.05) is 37.3 Å². The van der Waals surface area contributed by atoms with Gasteiger partial charge in [0.25, 0.3) is 5.91 Å². The number of aliphatic hydroxyl groups is 1. The van der Waals surface area contributed by atoms with Crippen molar-refractivity contribution in [1.29, 1.82) is 0 Å². The first-order chi connectivity index (χ1) is 16.1. The van der Waals surface area contributed by atoms with Gasteiger partial charge in [-0.25, -0.2) is 8.42 Å². The Kier molecular flexibility index (Phi) is 10.3. The van der Waals surface area contributed by atoms with Crippen LogP contribution in [0.25, 0.3) is 0 Å². The third kappa shape index (κ3) is 7.53. The highest BCUT2D eigenvalue weighted by atomic mass is 35.5. The van der Waals surface area contributed by atoms with E-state index >= 15 is 0 Å². The highest BCUT2D eigenvalue weighted by Gasteiger charge is 2.19. The first kappa shape index (κ1) is 28.8. The summed E-state index contributed by atoms with van der Waals surface area (Å²) in [5, 5.41) is 14.2. The lowest BCUT2D eigenvalue weighted by molar-refractivity contribution is 0.0827. The van der Waals surface area contributed by atoms with Crippen LogP contribution in [0, 0.1) is 0 Å². The summed E-state index contributed by atoms with van der Waals surface area (Å²) in [6.07, 6.45) is -0.00250. The summed E-state index contributed by atoms with van der Waals surface area (Å²) in [6.45, 7) is 2.38. The normalized spacial score (nSPS) is 12.9. The predicted molar refractivity (Wildman–Crippen MR) is 141 cm³/mol.